The maximum atomic E-state index is 12.8. The third-order valence-corrected chi connectivity index (χ3v) is 4.17. The summed E-state index contributed by atoms with van der Waals surface area (Å²) in [6, 6.07) is 8.76. The van der Waals surface area contributed by atoms with Crippen molar-refractivity contribution in [3.05, 3.63) is 45.7 Å². The van der Waals surface area contributed by atoms with E-state index in [2.05, 4.69) is 10.2 Å². The van der Waals surface area contributed by atoms with E-state index in [1.165, 1.54) is 4.57 Å². The SMILES string of the molecule is CCOc1ccccc1N=Nc1c(C)c(C#N)c(O)n(C(C)CC)c1=O. The van der Waals surface area contributed by atoms with E-state index in [1.807, 2.05) is 26.0 Å². The second-order valence-electron chi connectivity index (χ2n) is 5.82. The maximum absolute atomic E-state index is 12.8. The van der Waals surface area contributed by atoms with Gasteiger partial charge in [0, 0.05) is 11.6 Å². The molecule has 1 aromatic carbocycles. The molecular weight excluding hydrogens is 332 g/mol. The lowest BCUT2D eigenvalue weighted by molar-refractivity contribution is 0.341. The van der Waals surface area contributed by atoms with E-state index in [9.17, 15) is 15.2 Å². The third-order valence-electron chi connectivity index (χ3n) is 4.17. The van der Waals surface area contributed by atoms with Gasteiger partial charge in [-0.1, -0.05) is 19.1 Å². The number of benzene rings is 1. The standard InChI is InChI=1S/C19H22N4O3/c1-5-12(3)23-18(24)14(11-20)13(4)17(19(23)25)22-21-15-9-7-8-10-16(15)26-6-2/h7-10,12,24H,5-6H2,1-4H3. The quantitative estimate of drug-likeness (QED) is 0.771. The Balaban J connectivity index is 2.64. The van der Waals surface area contributed by atoms with Gasteiger partial charge in [0.25, 0.3) is 5.56 Å². The van der Waals surface area contributed by atoms with Gasteiger partial charge >= 0.3 is 0 Å². The van der Waals surface area contributed by atoms with E-state index < -0.39 is 5.56 Å². The minimum Gasteiger partial charge on any atom is -0.493 e. The number of pyridine rings is 1. The zero-order chi connectivity index (χ0) is 19.3. The van der Waals surface area contributed by atoms with Crippen LogP contribution < -0.4 is 10.3 Å². The summed E-state index contributed by atoms with van der Waals surface area (Å²) in [4.78, 5) is 12.8. The van der Waals surface area contributed by atoms with Crippen LogP contribution in [0.5, 0.6) is 11.6 Å². The van der Waals surface area contributed by atoms with Gasteiger partial charge in [-0.2, -0.15) is 5.26 Å². The fourth-order valence-corrected chi connectivity index (χ4v) is 2.54. The van der Waals surface area contributed by atoms with Crippen LogP contribution in [0, 0.1) is 18.3 Å². The van der Waals surface area contributed by atoms with Crippen LogP contribution in [-0.2, 0) is 0 Å². The number of nitriles is 1. The second kappa shape index (κ2) is 8.30. The van der Waals surface area contributed by atoms with Crippen molar-refractivity contribution in [3.63, 3.8) is 0 Å². The number of nitrogens with zero attached hydrogens (tertiary/aromatic N) is 4. The first kappa shape index (κ1) is 19.2. The van der Waals surface area contributed by atoms with E-state index in [0.29, 0.717) is 30.0 Å². The second-order valence-corrected chi connectivity index (χ2v) is 5.82. The molecule has 0 saturated heterocycles. The average molecular weight is 354 g/mol. The van der Waals surface area contributed by atoms with Crippen molar-refractivity contribution in [2.24, 2.45) is 10.2 Å². The highest BCUT2D eigenvalue weighted by Gasteiger charge is 2.21. The molecule has 1 heterocycles. The molecule has 0 radical (unpaired) electrons. The molecule has 0 bridgehead atoms. The molecule has 2 aromatic rings. The summed E-state index contributed by atoms with van der Waals surface area (Å²) >= 11 is 0. The van der Waals surface area contributed by atoms with E-state index >= 15 is 0 Å². The van der Waals surface area contributed by atoms with Crippen molar-refractivity contribution < 1.29 is 9.84 Å². The molecule has 0 fully saturated rings. The van der Waals surface area contributed by atoms with Gasteiger partial charge in [-0.05, 0) is 39.3 Å². The molecule has 1 aromatic heterocycles. The minimum atomic E-state index is -0.481. The first-order valence-electron chi connectivity index (χ1n) is 8.47. The number of rotatable bonds is 6. The number of azo groups is 1. The zero-order valence-corrected chi connectivity index (χ0v) is 15.4. The Bertz CT molecular complexity index is 926. The van der Waals surface area contributed by atoms with Crippen molar-refractivity contribution in [2.75, 3.05) is 6.61 Å². The van der Waals surface area contributed by atoms with Crippen molar-refractivity contribution in [3.8, 4) is 17.7 Å². The number of hydrogen-bond acceptors (Lipinski definition) is 6. The molecule has 0 aliphatic carbocycles. The number of para-hydroxylation sites is 1. The monoisotopic (exact) mass is 354 g/mol. The molecule has 1 unspecified atom stereocenters. The molecular formula is C19H22N4O3. The molecule has 0 amide bonds. The molecule has 1 N–H and O–H groups in total. The lowest BCUT2D eigenvalue weighted by Gasteiger charge is -2.17. The predicted octanol–water partition coefficient (Wildman–Crippen LogP) is 4.52. The molecule has 0 aliphatic heterocycles. The Labute approximate surface area is 152 Å². The van der Waals surface area contributed by atoms with Crippen LogP contribution in [0.25, 0.3) is 0 Å². The number of ether oxygens (including phenoxy) is 1. The van der Waals surface area contributed by atoms with Gasteiger partial charge in [-0.3, -0.25) is 9.36 Å². The number of aromatic hydroxyl groups is 1. The highest BCUT2D eigenvalue weighted by molar-refractivity contribution is 5.57. The summed E-state index contributed by atoms with van der Waals surface area (Å²) in [5.41, 5.74) is 0.357. The summed E-state index contributed by atoms with van der Waals surface area (Å²) in [5, 5.41) is 27.9. The normalized spacial score (nSPS) is 12.1. The molecule has 26 heavy (non-hydrogen) atoms. The van der Waals surface area contributed by atoms with Crippen molar-refractivity contribution in [1.29, 1.82) is 5.26 Å². The summed E-state index contributed by atoms with van der Waals surface area (Å²) in [7, 11) is 0. The van der Waals surface area contributed by atoms with Crippen LogP contribution in [0.3, 0.4) is 0 Å². The Kier molecular flexibility index (Phi) is 6.12. The van der Waals surface area contributed by atoms with Gasteiger partial charge in [-0.25, -0.2) is 0 Å². The lowest BCUT2D eigenvalue weighted by atomic mass is 10.1. The smallest absolute Gasteiger partial charge is 0.281 e. The van der Waals surface area contributed by atoms with Gasteiger partial charge in [0.1, 0.15) is 23.1 Å². The van der Waals surface area contributed by atoms with E-state index in [4.69, 9.17) is 4.74 Å². The number of hydrogen-bond donors (Lipinski definition) is 1. The topological polar surface area (TPSA) is 100.0 Å². The van der Waals surface area contributed by atoms with Crippen molar-refractivity contribution in [1.82, 2.24) is 4.57 Å². The molecule has 0 spiro atoms. The average Bonchev–Trinajstić information content (AvgIpc) is 2.63. The first-order valence-corrected chi connectivity index (χ1v) is 8.47. The highest BCUT2D eigenvalue weighted by Crippen LogP contribution is 2.32. The largest absolute Gasteiger partial charge is 0.493 e. The van der Waals surface area contributed by atoms with Crippen LogP contribution in [0.4, 0.5) is 11.4 Å². The molecule has 2 rings (SSSR count). The van der Waals surface area contributed by atoms with Crippen LogP contribution in [0.1, 0.15) is 44.4 Å². The van der Waals surface area contributed by atoms with Crippen LogP contribution in [0.2, 0.25) is 0 Å². The van der Waals surface area contributed by atoms with E-state index in [1.54, 1.807) is 32.0 Å². The van der Waals surface area contributed by atoms with Gasteiger partial charge < -0.3 is 9.84 Å². The predicted molar refractivity (Wildman–Crippen MR) is 98.6 cm³/mol. The Morgan fingerprint density at radius 1 is 1.31 bits per heavy atom. The Morgan fingerprint density at radius 2 is 2.00 bits per heavy atom. The lowest BCUT2D eigenvalue weighted by Crippen LogP contribution is -2.24. The van der Waals surface area contributed by atoms with Crippen LogP contribution in [-0.4, -0.2) is 16.3 Å². The molecule has 7 heteroatoms. The summed E-state index contributed by atoms with van der Waals surface area (Å²) < 4.78 is 6.69. The third kappa shape index (κ3) is 3.59. The summed E-state index contributed by atoms with van der Waals surface area (Å²) in [5.74, 6) is 0.218. The summed E-state index contributed by atoms with van der Waals surface area (Å²) in [6.07, 6.45) is 0.616. The minimum absolute atomic E-state index is 0.0249. The van der Waals surface area contributed by atoms with E-state index in [0.717, 1.165) is 0 Å². The molecule has 0 saturated carbocycles. The molecule has 7 nitrogen and oxygen atoms in total. The molecule has 0 aliphatic rings. The molecule has 1 atom stereocenters. The fraction of sp³-hybridized carbons (Fsp3) is 0.368. The van der Waals surface area contributed by atoms with Gasteiger partial charge in [0.05, 0.1) is 6.61 Å². The van der Waals surface area contributed by atoms with E-state index in [-0.39, 0.29) is 23.2 Å². The van der Waals surface area contributed by atoms with Crippen LogP contribution >= 0.6 is 0 Å². The van der Waals surface area contributed by atoms with Crippen molar-refractivity contribution >= 4 is 11.4 Å². The van der Waals surface area contributed by atoms with Crippen LogP contribution in [0.15, 0.2) is 39.3 Å². The molecule has 136 valence electrons. The maximum Gasteiger partial charge on any atom is 0.281 e. The highest BCUT2D eigenvalue weighted by atomic mass is 16.5. The Morgan fingerprint density at radius 3 is 2.62 bits per heavy atom. The van der Waals surface area contributed by atoms with Gasteiger partial charge in [0.15, 0.2) is 5.69 Å². The zero-order valence-electron chi connectivity index (χ0n) is 15.4. The first-order chi connectivity index (χ1) is 12.5. The summed E-state index contributed by atoms with van der Waals surface area (Å²) in [6.45, 7) is 7.60. The van der Waals surface area contributed by atoms with Gasteiger partial charge in [-0.15, -0.1) is 10.2 Å². The van der Waals surface area contributed by atoms with Gasteiger partial charge in [0.2, 0.25) is 5.88 Å². The van der Waals surface area contributed by atoms with Crippen molar-refractivity contribution in [2.45, 2.75) is 40.2 Å². The Hall–Kier alpha value is -3.14. The number of aromatic nitrogens is 1. The fourth-order valence-electron chi connectivity index (χ4n) is 2.54.